The number of fused-ring (bicyclic) bond motifs is 1. The third kappa shape index (κ3) is 3.22. The van der Waals surface area contributed by atoms with Gasteiger partial charge < -0.3 is 14.3 Å². The number of amides is 1. The summed E-state index contributed by atoms with van der Waals surface area (Å²) in [5.74, 6) is 1.57. The first-order valence-electron chi connectivity index (χ1n) is 9.51. The van der Waals surface area contributed by atoms with Crippen molar-refractivity contribution in [2.75, 3.05) is 11.1 Å². The number of aromatic nitrogens is 3. The van der Waals surface area contributed by atoms with Crippen molar-refractivity contribution in [3.63, 3.8) is 0 Å². The third-order valence-electron chi connectivity index (χ3n) is 5.06. The van der Waals surface area contributed by atoms with Crippen molar-refractivity contribution in [2.24, 2.45) is 0 Å². The van der Waals surface area contributed by atoms with Gasteiger partial charge in [-0.15, -0.1) is 10.2 Å². The number of thioether (sulfide) groups is 1. The second-order valence-electron chi connectivity index (χ2n) is 7.41. The fraction of sp³-hybridized carbons (Fsp3) is 0.400. The van der Waals surface area contributed by atoms with Crippen LogP contribution in [0, 0.1) is 0 Å². The maximum Gasteiger partial charge on any atom is 0.234 e. The lowest BCUT2D eigenvalue weighted by atomic mass is 10.2. The molecule has 2 aromatic heterocycles. The van der Waals surface area contributed by atoms with E-state index in [2.05, 4.69) is 20.1 Å². The van der Waals surface area contributed by atoms with Gasteiger partial charge in [0.2, 0.25) is 5.91 Å². The zero-order valence-corrected chi connectivity index (χ0v) is 16.3. The van der Waals surface area contributed by atoms with Gasteiger partial charge in [0.05, 0.1) is 11.4 Å². The molecule has 0 unspecified atom stereocenters. The van der Waals surface area contributed by atoms with E-state index in [0.29, 0.717) is 23.2 Å². The number of carbonyl (C=O) groups excluding carboxylic acids is 2. The molecule has 2 saturated carbocycles. The number of anilines is 1. The predicted octanol–water partition coefficient (Wildman–Crippen LogP) is 4.17. The van der Waals surface area contributed by atoms with Crippen molar-refractivity contribution in [3.8, 4) is 0 Å². The molecule has 2 aliphatic rings. The van der Waals surface area contributed by atoms with Crippen LogP contribution >= 0.6 is 11.8 Å². The lowest BCUT2D eigenvalue weighted by molar-refractivity contribution is -0.113. The maximum absolute atomic E-state index is 12.6. The van der Waals surface area contributed by atoms with E-state index in [1.165, 1.54) is 31.5 Å². The normalized spacial score (nSPS) is 16.5. The Morgan fingerprint density at radius 2 is 2.00 bits per heavy atom. The van der Waals surface area contributed by atoms with Crippen molar-refractivity contribution in [2.45, 2.75) is 49.7 Å². The number of benzene rings is 1. The van der Waals surface area contributed by atoms with Crippen LogP contribution in [0.4, 0.5) is 5.69 Å². The van der Waals surface area contributed by atoms with Gasteiger partial charge in [0.15, 0.2) is 16.7 Å². The Kier molecular flexibility index (Phi) is 4.23. The molecule has 0 saturated heterocycles. The van der Waals surface area contributed by atoms with Crippen LogP contribution in [0.2, 0.25) is 0 Å². The number of ketones is 1. The molecule has 0 atom stereocenters. The molecule has 2 heterocycles. The highest BCUT2D eigenvalue weighted by molar-refractivity contribution is 7.99. The molecule has 1 aromatic carbocycles. The van der Waals surface area contributed by atoms with Crippen LogP contribution < -0.4 is 5.32 Å². The minimum Gasteiger partial charge on any atom is -0.451 e. The zero-order chi connectivity index (χ0) is 19.3. The van der Waals surface area contributed by atoms with Crippen LogP contribution in [-0.4, -0.2) is 32.2 Å². The molecule has 1 N–H and O–H groups in total. The summed E-state index contributed by atoms with van der Waals surface area (Å²) in [7, 11) is 0. The fourth-order valence-electron chi connectivity index (χ4n) is 3.41. The van der Waals surface area contributed by atoms with E-state index >= 15 is 0 Å². The van der Waals surface area contributed by atoms with Crippen LogP contribution in [0.1, 0.15) is 60.9 Å². The number of hydrogen-bond acceptors (Lipinski definition) is 6. The molecule has 28 heavy (non-hydrogen) atoms. The summed E-state index contributed by atoms with van der Waals surface area (Å²) in [6, 6.07) is 7.78. The topological polar surface area (TPSA) is 90.0 Å². The highest BCUT2D eigenvalue weighted by Crippen LogP contribution is 2.46. The minimum absolute atomic E-state index is 0.178. The molecule has 0 bridgehead atoms. The van der Waals surface area contributed by atoms with Crippen LogP contribution in [0.3, 0.4) is 0 Å². The summed E-state index contributed by atoms with van der Waals surface area (Å²) >= 11 is 1.39. The molecule has 8 heteroatoms. The molecule has 1 amide bonds. The Bertz CT molecular complexity index is 1080. The molecular weight excluding hydrogens is 376 g/mol. The quantitative estimate of drug-likeness (QED) is 0.476. The van der Waals surface area contributed by atoms with E-state index in [-0.39, 0.29) is 23.2 Å². The van der Waals surface area contributed by atoms with Crippen molar-refractivity contribution < 1.29 is 14.0 Å². The lowest BCUT2D eigenvalue weighted by Crippen LogP contribution is -2.16. The highest BCUT2D eigenvalue weighted by atomic mass is 32.2. The Morgan fingerprint density at radius 1 is 1.21 bits per heavy atom. The van der Waals surface area contributed by atoms with Crippen molar-refractivity contribution in [1.29, 1.82) is 0 Å². The monoisotopic (exact) mass is 396 g/mol. The van der Waals surface area contributed by atoms with Gasteiger partial charge in [-0.05, 0) is 37.8 Å². The number of Topliss-reactive ketones (excluding diaryl/α,β-unsaturated/α-hetero) is 1. The molecular formula is C20H20N4O3S. The first-order valence-corrected chi connectivity index (χ1v) is 10.5. The Morgan fingerprint density at radius 3 is 2.71 bits per heavy atom. The maximum atomic E-state index is 12.6. The zero-order valence-electron chi connectivity index (χ0n) is 15.5. The van der Waals surface area contributed by atoms with Gasteiger partial charge in [-0.25, -0.2) is 0 Å². The van der Waals surface area contributed by atoms with E-state index in [0.717, 1.165) is 29.2 Å². The Hall–Kier alpha value is -2.61. The summed E-state index contributed by atoms with van der Waals surface area (Å²) in [6.07, 6.45) is 4.66. The summed E-state index contributed by atoms with van der Waals surface area (Å²) in [5, 5.41) is 13.1. The van der Waals surface area contributed by atoms with Gasteiger partial charge in [0, 0.05) is 24.3 Å². The van der Waals surface area contributed by atoms with Gasteiger partial charge >= 0.3 is 0 Å². The molecule has 5 rings (SSSR count). The molecule has 144 valence electrons. The predicted molar refractivity (Wildman–Crippen MR) is 106 cm³/mol. The number of nitrogens with one attached hydrogen (secondary N) is 1. The van der Waals surface area contributed by atoms with Crippen molar-refractivity contribution >= 4 is 40.1 Å². The molecule has 2 fully saturated rings. The van der Waals surface area contributed by atoms with Crippen molar-refractivity contribution in [1.82, 2.24) is 14.8 Å². The Balaban J connectivity index is 1.33. The second-order valence-corrected chi connectivity index (χ2v) is 8.35. The molecule has 0 aliphatic heterocycles. The van der Waals surface area contributed by atoms with E-state index in [1.807, 2.05) is 18.2 Å². The van der Waals surface area contributed by atoms with Gasteiger partial charge in [0.1, 0.15) is 11.4 Å². The van der Waals surface area contributed by atoms with E-state index in [9.17, 15) is 9.59 Å². The first-order chi connectivity index (χ1) is 13.6. The number of para-hydroxylation sites is 1. The fourth-order valence-corrected chi connectivity index (χ4v) is 4.22. The van der Waals surface area contributed by atoms with Gasteiger partial charge in [-0.1, -0.05) is 23.9 Å². The summed E-state index contributed by atoms with van der Waals surface area (Å²) in [5.41, 5.74) is 1.02. The van der Waals surface area contributed by atoms with Crippen LogP contribution in [0.5, 0.6) is 0 Å². The molecule has 2 aliphatic carbocycles. The van der Waals surface area contributed by atoms with Gasteiger partial charge in [-0.3, -0.25) is 9.59 Å². The third-order valence-corrected chi connectivity index (χ3v) is 6.00. The average molecular weight is 396 g/mol. The van der Waals surface area contributed by atoms with Gasteiger partial charge in [-0.2, -0.15) is 0 Å². The van der Waals surface area contributed by atoms with E-state index in [4.69, 9.17) is 4.42 Å². The number of furan rings is 1. The molecule has 0 spiro atoms. The van der Waals surface area contributed by atoms with Gasteiger partial charge in [0.25, 0.3) is 0 Å². The summed E-state index contributed by atoms with van der Waals surface area (Å²) in [4.78, 5) is 24.5. The standard InChI is InChI=1S/C20H20N4O3S/c1-11(25)18-17(14-4-2-3-5-15(14)27-18)21-16(26)10-28-20-23-22-19(12-6-7-12)24(20)13-8-9-13/h2-5,12-13H,6-10H2,1H3,(H,21,26). The first kappa shape index (κ1) is 17.5. The van der Waals surface area contributed by atoms with E-state index < -0.39 is 0 Å². The van der Waals surface area contributed by atoms with Crippen LogP contribution in [-0.2, 0) is 4.79 Å². The van der Waals surface area contributed by atoms with Crippen molar-refractivity contribution in [3.05, 3.63) is 35.9 Å². The van der Waals surface area contributed by atoms with Crippen LogP contribution in [0.25, 0.3) is 11.0 Å². The SMILES string of the molecule is CC(=O)c1oc2ccccc2c1NC(=O)CSc1nnc(C2CC2)n1C1CC1. The summed E-state index contributed by atoms with van der Waals surface area (Å²) in [6.45, 7) is 1.43. The summed E-state index contributed by atoms with van der Waals surface area (Å²) < 4.78 is 7.85. The molecule has 0 radical (unpaired) electrons. The number of rotatable bonds is 7. The number of carbonyl (C=O) groups is 2. The average Bonchev–Trinajstić information content (AvgIpc) is 3.62. The van der Waals surface area contributed by atoms with Crippen LogP contribution in [0.15, 0.2) is 33.8 Å². The lowest BCUT2D eigenvalue weighted by Gasteiger charge is -2.08. The minimum atomic E-state index is -0.221. The molecule has 3 aromatic rings. The Labute approximate surface area is 165 Å². The molecule has 7 nitrogen and oxygen atoms in total. The highest BCUT2D eigenvalue weighted by Gasteiger charge is 2.36. The largest absolute Gasteiger partial charge is 0.451 e. The second kappa shape index (κ2) is 6.77. The van der Waals surface area contributed by atoms with E-state index in [1.54, 1.807) is 6.07 Å². The number of nitrogens with zero attached hydrogens (tertiary/aromatic N) is 3. The smallest absolute Gasteiger partial charge is 0.234 e. The number of hydrogen-bond donors (Lipinski definition) is 1.